The Hall–Kier alpha value is -6.22. The monoisotopic (exact) mass is 653 g/mol. The third-order valence-corrected chi connectivity index (χ3v) is 11.1. The minimum atomic E-state index is 1.12. The van der Waals surface area contributed by atoms with Crippen LogP contribution in [0.5, 0.6) is 0 Å². The number of thiophene rings is 1. The van der Waals surface area contributed by atoms with Gasteiger partial charge in [0.05, 0.1) is 5.69 Å². The second-order valence-electron chi connectivity index (χ2n) is 12.9. The van der Waals surface area contributed by atoms with Crippen LogP contribution in [-0.2, 0) is 0 Å². The molecule has 10 rings (SSSR count). The molecule has 0 aliphatic rings. The lowest BCUT2D eigenvalue weighted by Crippen LogP contribution is -2.10. The second-order valence-corrected chi connectivity index (χ2v) is 14.0. The van der Waals surface area contributed by atoms with Crippen molar-refractivity contribution in [1.29, 1.82) is 0 Å². The van der Waals surface area contributed by atoms with Crippen molar-refractivity contribution >= 4 is 80.9 Å². The fourth-order valence-corrected chi connectivity index (χ4v) is 8.85. The maximum Gasteiger partial charge on any atom is 0.0555 e. The predicted molar refractivity (Wildman–Crippen MR) is 217 cm³/mol. The molecular weight excluding hydrogens is 623 g/mol. The first kappa shape index (κ1) is 28.8. The lowest BCUT2D eigenvalue weighted by atomic mass is 9.93. The van der Waals surface area contributed by atoms with Crippen molar-refractivity contribution in [2.75, 3.05) is 4.90 Å². The van der Waals surface area contributed by atoms with E-state index in [9.17, 15) is 0 Å². The van der Waals surface area contributed by atoms with Crippen molar-refractivity contribution in [3.63, 3.8) is 0 Å². The highest BCUT2D eigenvalue weighted by molar-refractivity contribution is 7.26. The molecule has 0 atom stereocenters. The van der Waals surface area contributed by atoms with Gasteiger partial charge in [0.2, 0.25) is 0 Å². The van der Waals surface area contributed by atoms with Crippen molar-refractivity contribution in [2.45, 2.75) is 0 Å². The van der Waals surface area contributed by atoms with Crippen LogP contribution in [0.1, 0.15) is 0 Å². The molecule has 0 fully saturated rings. The summed E-state index contributed by atoms with van der Waals surface area (Å²) >= 11 is 1.88. The van der Waals surface area contributed by atoms with E-state index in [1.165, 1.54) is 80.4 Å². The summed E-state index contributed by atoms with van der Waals surface area (Å²) in [5, 5.41) is 10.2. The van der Waals surface area contributed by atoms with E-state index in [0.717, 1.165) is 11.4 Å². The lowest BCUT2D eigenvalue weighted by Gasteiger charge is -2.28. The van der Waals surface area contributed by atoms with Gasteiger partial charge in [0.25, 0.3) is 0 Å². The van der Waals surface area contributed by atoms with Crippen LogP contribution in [0.3, 0.4) is 0 Å². The molecule has 0 aliphatic carbocycles. The molecule has 1 nitrogen and oxygen atoms in total. The third kappa shape index (κ3) is 4.69. The van der Waals surface area contributed by atoms with Crippen molar-refractivity contribution in [3.05, 3.63) is 188 Å². The third-order valence-electron chi connectivity index (χ3n) is 10.0. The summed E-state index contributed by atoms with van der Waals surface area (Å²) in [6.45, 7) is 0. The number of rotatable bonds is 5. The number of hydrogen-bond donors (Lipinski definition) is 0. The van der Waals surface area contributed by atoms with Gasteiger partial charge in [-0.05, 0) is 97.0 Å². The standard InChI is InChI=1S/C48H31NS/c1-3-12-32(13-4-1)40-28-27-38(31-42(40)33-14-5-2-6-15-33)49(37-26-24-36-23-22-34-16-7-9-18-39(34)43(36)30-37)44-20-11-21-45-48(44)47-41-19-10-8-17-35(41)25-29-46(47)50-45/h1-31H. The van der Waals surface area contributed by atoms with Gasteiger partial charge < -0.3 is 4.90 Å². The van der Waals surface area contributed by atoms with Crippen LogP contribution in [0, 0.1) is 0 Å². The number of anilines is 3. The molecule has 50 heavy (non-hydrogen) atoms. The zero-order valence-electron chi connectivity index (χ0n) is 27.3. The van der Waals surface area contributed by atoms with E-state index in [2.05, 4.69) is 193 Å². The summed E-state index contributed by atoms with van der Waals surface area (Å²) in [5.74, 6) is 0. The Morgan fingerprint density at radius 1 is 0.340 bits per heavy atom. The molecule has 0 saturated carbocycles. The lowest BCUT2D eigenvalue weighted by molar-refractivity contribution is 1.31. The van der Waals surface area contributed by atoms with Gasteiger partial charge >= 0.3 is 0 Å². The van der Waals surface area contributed by atoms with Gasteiger partial charge in [0, 0.05) is 31.5 Å². The Kier molecular flexibility index (Phi) is 6.75. The molecule has 1 heterocycles. The van der Waals surface area contributed by atoms with Crippen molar-refractivity contribution in [1.82, 2.24) is 0 Å². The molecule has 0 unspecified atom stereocenters. The second kappa shape index (κ2) is 11.7. The van der Waals surface area contributed by atoms with E-state index in [1.807, 2.05) is 11.3 Å². The average Bonchev–Trinajstić information content (AvgIpc) is 3.59. The molecule has 0 bridgehead atoms. The smallest absolute Gasteiger partial charge is 0.0555 e. The fourth-order valence-electron chi connectivity index (χ4n) is 7.71. The van der Waals surface area contributed by atoms with Crippen LogP contribution in [0.15, 0.2) is 188 Å². The highest BCUT2D eigenvalue weighted by atomic mass is 32.1. The zero-order chi connectivity index (χ0) is 33.0. The first-order valence-electron chi connectivity index (χ1n) is 17.1. The van der Waals surface area contributed by atoms with E-state index < -0.39 is 0 Å². The number of fused-ring (bicyclic) bond motifs is 8. The fraction of sp³-hybridized carbons (Fsp3) is 0. The molecule has 0 aliphatic heterocycles. The summed E-state index contributed by atoms with van der Waals surface area (Å²) in [6.07, 6.45) is 0. The maximum atomic E-state index is 2.48. The van der Waals surface area contributed by atoms with Crippen LogP contribution in [0.25, 0.3) is 74.7 Å². The quantitative estimate of drug-likeness (QED) is 0.167. The summed E-state index contributed by atoms with van der Waals surface area (Å²) in [5.41, 5.74) is 8.26. The van der Waals surface area contributed by atoms with Crippen molar-refractivity contribution in [2.24, 2.45) is 0 Å². The Morgan fingerprint density at radius 2 is 0.900 bits per heavy atom. The summed E-state index contributed by atoms with van der Waals surface area (Å²) in [7, 11) is 0. The van der Waals surface area contributed by atoms with E-state index in [0.29, 0.717) is 0 Å². The van der Waals surface area contributed by atoms with E-state index in [-0.39, 0.29) is 0 Å². The van der Waals surface area contributed by atoms with Crippen LogP contribution < -0.4 is 4.90 Å². The average molecular weight is 654 g/mol. The van der Waals surface area contributed by atoms with Gasteiger partial charge in [-0.2, -0.15) is 0 Å². The van der Waals surface area contributed by atoms with Crippen LogP contribution in [-0.4, -0.2) is 0 Å². The largest absolute Gasteiger partial charge is 0.310 e. The summed E-state index contributed by atoms with van der Waals surface area (Å²) in [4.78, 5) is 2.48. The summed E-state index contributed by atoms with van der Waals surface area (Å²) in [6, 6.07) is 68.8. The predicted octanol–water partition coefficient (Wildman–Crippen LogP) is 14.3. The Bertz CT molecular complexity index is 2870. The van der Waals surface area contributed by atoms with Crippen molar-refractivity contribution < 1.29 is 0 Å². The normalized spacial score (nSPS) is 11.6. The zero-order valence-corrected chi connectivity index (χ0v) is 28.1. The molecule has 234 valence electrons. The molecule has 0 N–H and O–H groups in total. The highest BCUT2D eigenvalue weighted by Crippen LogP contribution is 2.48. The topological polar surface area (TPSA) is 3.24 Å². The molecular formula is C48H31NS. The molecule has 0 spiro atoms. The highest BCUT2D eigenvalue weighted by Gasteiger charge is 2.21. The van der Waals surface area contributed by atoms with Gasteiger partial charge in [-0.1, -0.05) is 146 Å². The molecule has 9 aromatic carbocycles. The first-order valence-corrected chi connectivity index (χ1v) is 17.9. The molecule has 0 radical (unpaired) electrons. The number of hydrogen-bond acceptors (Lipinski definition) is 2. The first-order chi connectivity index (χ1) is 24.8. The Balaban J connectivity index is 1.30. The molecule has 0 amide bonds. The van der Waals surface area contributed by atoms with Crippen LogP contribution >= 0.6 is 11.3 Å². The minimum absolute atomic E-state index is 1.12. The van der Waals surface area contributed by atoms with Gasteiger partial charge in [-0.3, -0.25) is 0 Å². The van der Waals surface area contributed by atoms with Crippen LogP contribution in [0.4, 0.5) is 17.1 Å². The van der Waals surface area contributed by atoms with E-state index in [4.69, 9.17) is 0 Å². The van der Waals surface area contributed by atoms with Gasteiger partial charge in [0.1, 0.15) is 0 Å². The summed E-state index contributed by atoms with van der Waals surface area (Å²) < 4.78 is 2.59. The van der Waals surface area contributed by atoms with Crippen LogP contribution in [0.2, 0.25) is 0 Å². The van der Waals surface area contributed by atoms with E-state index in [1.54, 1.807) is 0 Å². The van der Waals surface area contributed by atoms with E-state index >= 15 is 0 Å². The minimum Gasteiger partial charge on any atom is -0.310 e. The molecule has 2 heteroatoms. The Labute approximate surface area is 294 Å². The SMILES string of the molecule is c1ccc(-c2ccc(N(c3ccc4ccc5ccccc5c4c3)c3cccc4sc5ccc6ccccc6c5c34)cc2-c2ccccc2)cc1. The maximum absolute atomic E-state index is 2.48. The van der Waals surface area contributed by atoms with Gasteiger partial charge in [-0.15, -0.1) is 11.3 Å². The number of nitrogens with zero attached hydrogens (tertiary/aromatic N) is 1. The Morgan fingerprint density at radius 3 is 1.68 bits per heavy atom. The molecule has 0 saturated heterocycles. The number of benzene rings is 9. The van der Waals surface area contributed by atoms with Gasteiger partial charge in [0.15, 0.2) is 0 Å². The molecule has 10 aromatic rings. The van der Waals surface area contributed by atoms with Crippen molar-refractivity contribution in [3.8, 4) is 22.3 Å². The molecule has 1 aromatic heterocycles. The van der Waals surface area contributed by atoms with Gasteiger partial charge in [-0.25, -0.2) is 0 Å².